The summed E-state index contributed by atoms with van der Waals surface area (Å²) in [5.41, 5.74) is -0.0205. The Kier molecular flexibility index (Phi) is 5.89. The van der Waals surface area contributed by atoms with Crippen molar-refractivity contribution in [3.8, 4) is 0 Å². The zero-order valence-electron chi connectivity index (χ0n) is 16.7. The molecule has 3 aliphatic rings. The van der Waals surface area contributed by atoms with Crippen molar-refractivity contribution in [3.63, 3.8) is 0 Å². The van der Waals surface area contributed by atoms with Crippen LogP contribution in [0.4, 0.5) is 0 Å². The van der Waals surface area contributed by atoms with Gasteiger partial charge in [0.1, 0.15) is 5.60 Å². The second-order valence-corrected chi connectivity index (χ2v) is 8.03. The molecule has 0 bridgehead atoms. The fourth-order valence-corrected chi connectivity index (χ4v) is 4.55. The van der Waals surface area contributed by atoms with E-state index in [1.54, 1.807) is 11.8 Å². The minimum absolute atomic E-state index is 0.0107. The number of likely N-dealkylation sites (tertiary alicyclic amines) is 2. The zero-order chi connectivity index (χ0) is 19.6. The molecule has 150 valence electrons. The van der Waals surface area contributed by atoms with Gasteiger partial charge in [0.15, 0.2) is 0 Å². The quantitative estimate of drug-likeness (QED) is 0.746. The summed E-state index contributed by atoms with van der Waals surface area (Å²) in [5.74, 6) is -0.614. The highest BCUT2D eigenvalue weighted by Gasteiger charge is 2.51. The first-order chi connectivity index (χ1) is 12.8. The SMILES string of the molecule is CC(=O)N1CCC2(CC1)OC(=O)C(C)=C2C(=O)NCCN1CCCC[C@@H]1C. The van der Waals surface area contributed by atoms with Gasteiger partial charge in [-0.2, -0.15) is 0 Å². The van der Waals surface area contributed by atoms with Crippen LogP contribution in [-0.2, 0) is 19.1 Å². The van der Waals surface area contributed by atoms with Gasteiger partial charge in [0.2, 0.25) is 5.91 Å². The van der Waals surface area contributed by atoms with Gasteiger partial charge in [-0.05, 0) is 33.2 Å². The molecule has 0 aromatic rings. The number of esters is 1. The van der Waals surface area contributed by atoms with E-state index in [2.05, 4.69) is 17.1 Å². The first-order valence-electron chi connectivity index (χ1n) is 10.1. The highest BCUT2D eigenvalue weighted by Crippen LogP contribution is 2.41. The molecule has 0 radical (unpaired) electrons. The average molecular weight is 377 g/mol. The van der Waals surface area contributed by atoms with Crippen molar-refractivity contribution in [2.75, 3.05) is 32.7 Å². The van der Waals surface area contributed by atoms with Crippen LogP contribution in [-0.4, -0.2) is 72.0 Å². The topological polar surface area (TPSA) is 78.9 Å². The Bertz CT molecular complexity index is 650. The van der Waals surface area contributed by atoms with Gasteiger partial charge in [-0.3, -0.25) is 14.5 Å². The number of hydrogen-bond donors (Lipinski definition) is 1. The number of carbonyl (C=O) groups excluding carboxylic acids is 3. The van der Waals surface area contributed by atoms with E-state index in [4.69, 9.17) is 4.74 Å². The number of carbonyl (C=O) groups is 3. The predicted molar refractivity (Wildman–Crippen MR) is 101 cm³/mol. The third kappa shape index (κ3) is 4.03. The molecule has 27 heavy (non-hydrogen) atoms. The van der Waals surface area contributed by atoms with Crippen LogP contribution in [0.1, 0.15) is 52.9 Å². The van der Waals surface area contributed by atoms with Gasteiger partial charge in [-0.25, -0.2) is 4.79 Å². The number of nitrogens with zero attached hydrogens (tertiary/aromatic N) is 2. The Morgan fingerprint density at radius 1 is 1.22 bits per heavy atom. The van der Waals surface area contributed by atoms with Crippen LogP contribution in [0.5, 0.6) is 0 Å². The molecule has 3 aliphatic heterocycles. The standard InChI is InChI=1S/C20H31N3O4/c1-14-6-4-5-10-22(14)13-9-21-18(25)17-15(2)19(26)27-20(17)7-11-23(12-8-20)16(3)24/h14H,4-13H2,1-3H3,(H,21,25)/t14-/m0/s1. The molecule has 7 heteroatoms. The van der Waals surface area contributed by atoms with Crippen LogP contribution in [0.25, 0.3) is 0 Å². The normalized spacial score (nSPS) is 25.7. The number of amides is 2. The maximum Gasteiger partial charge on any atom is 0.335 e. The summed E-state index contributed by atoms with van der Waals surface area (Å²) in [6, 6.07) is 0.551. The van der Waals surface area contributed by atoms with E-state index in [-0.39, 0.29) is 11.8 Å². The van der Waals surface area contributed by atoms with Gasteiger partial charge < -0.3 is 15.0 Å². The highest BCUT2D eigenvalue weighted by molar-refractivity contribution is 6.07. The number of nitrogens with one attached hydrogen (secondary N) is 1. The Morgan fingerprint density at radius 3 is 2.56 bits per heavy atom. The second-order valence-electron chi connectivity index (χ2n) is 8.03. The minimum Gasteiger partial charge on any atom is -0.450 e. The smallest absolute Gasteiger partial charge is 0.335 e. The number of hydrogen-bond acceptors (Lipinski definition) is 5. The van der Waals surface area contributed by atoms with Gasteiger partial charge in [0.05, 0.1) is 5.57 Å². The lowest BCUT2D eigenvalue weighted by molar-refractivity contribution is -0.152. The predicted octanol–water partition coefficient (Wildman–Crippen LogP) is 1.23. The third-order valence-corrected chi connectivity index (χ3v) is 6.29. The van der Waals surface area contributed by atoms with Gasteiger partial charge in [0.25, 0.3) is 5.91 Å². The summed E-state index contributed by atoms with van der Waals surface area (Å²) >= 11 is 0. The van der Waals surface area contributed by atoms with Crippen molar-refractivity contribution >= 4 is 17.8 Å². The molecule has 0 unspecified atom stereocenters. The molecule has 0 saturated carbocycles. The number of rotatable bonds is 4. The maximum absolute atomic E-state index is 12.9. The van der Waals surface area contributed by atoms with E-state index >= 15 is 0 Å². The Balaban J connectivity index is 1.63. The summed E-state index contributed by atoms with van der Waals surface area (Å²) in [7, 11) is 0. The van der Waals surface area contributed by atoms with E-state index in [1.165, 1.54) is 26.2 Å². The van der Waals surface area contributed by atoms with E-state index in [1.807, 2.05) is 0 Å². The fraction of sp³-hybridized carbons (Fsp3) is 0.750. The largest absolute Gasteiger partial charge is 0.450 e. The maximum atomic E-state index is 12.9. The molecule has 2 fully saturated rings. The molecule has 1 spiro atoms. The molecular weight excluding hydrogens is 346 g/mol. The molecule has 0 aliphatic carbocycles. The molecule has 0 aromatic carbocycles. The van der Waals surface area contributed by atoms with Crippen molar-refractivity contribution < 1.29 is 19.1 Å². The summed E-state index contributed by atoms with van der Waals surface area (Å²) in [6.07, 6.45) is 4.63. The van der Waals surface area contributed by atoms with Crippen LogP contribution in [0, 0.1) is 0 Å². The third-order valence-electron chi connectivity index (χ3n) is 6.29. The molecule has 2 saturated heterocycles. The second kappa shape index (κ2) is 8.00. The van der Waals surface area contributed by atoms with E-state index in [0.717, 1.165) is 13.1 Å². The van der Waals surface area contributed by atoms with Crippen molar-refractivity contribution in [2.24, 2.45) is 0 Å². The van der Waals surface area contributed by atoms with Crippen LogP contribution >= 0.6 is 0 Å². The van der Waals surface area contributed by atoms with Gasteiger partial charge in [0, 0.05) is 57.6 Å². The van der Waals surface area contributed by atoms with Crippen LogP contribution < -0.4 is 5.32 Å². The summed E-state index contributed by atoms with van der Waals surface area (Å²) in [4.78, 5) is 40.8. The molecule has 1 N–H and O–H groups in total. The van der Waals surface area contributed by atoms with Crippen molar-refractivity contribution in [3.05, 3.63) is 11.1 Å². The Hall–Kier alpha value is -1.89. The number of piperidine rings is 2. The molecule has 0 aromatic heterocycles. The minimum atomic E-state index is -0.879. The Morgan fingerprint density at radius 2 is 1.93 bits per heavy atom. The van der Waals surface area contributed by atoms with E-state index < -0.39 is 11.6 Å². The summed E-state index contributed by atoms with van der Waals surface area (Å²) < 4.78 is 5.66. The van der Waals surface area contributed by atoms with E-state index in [0.29, 0.717) is 49.7 Å². The van der Waals surface area contributed by atoms with Crippen LogP contribution in [0.2, 0.25) is 0 Å². The van der Waals surface area contributed by atoms with Gasteiger partial charge in [-0.1, -0.05) is 6.42 Å². The lowest BCUT2D eigenvalue weighted by Gasteiger charge is -2.39. The van der Waals surface area contributed by atoms with Crippen LogP contribution in [0.15, 0.2) is 11.1 Å². The van der Waals surface area contributed by atoms with E-state index in [9.17, 15) is 14.4 Å². The first-order valence-corrected chi connectivity index (χ1v) is 10.1. The van der Waals surface area contributed by atoms with Crippen LogP contribution in [0.3, 0.4) is 0 Å². The monoisotopic (exact) mass is 377 g/mol. The molecule has 3 rings (SSSR count). The van der Waals surface area contributed by atoms with Gasteiger partial charge in [-0.15, -0.1) is 0 Å². The molecule has 3 heterocycles. The Labute approximate surface area is 161 Å². The lowest BCUT2D eigenvalue weighted by Crippen LogP contribution is -2.50. The molecule has 2 amide bonds. The fourth-order valence-electron chi connectivity index (χ4n) is 4.55. The first kappa shape index (κ1) is 19.9. The molecular formula is C20H31N3O4. The molecule has 7 nitrogen and oxygen atoms in total. The lowest BCUT2D eigenvalue weighted by atomic mass is 9.82. The van der Waals surface area contributed by atoms with Crippen molar-refractivity contribution in [1.29, 1.82) is 0 Å². The summed E-state index contributed by atoms with van der Waals surface area (Å²) in [5, 5.41) is 3.00. The zero-order valence-corrected chi connectivity index (χ0v) is 16.7. The average Bonchev–Trinajstić information content (AvgIpc) is 2.87. The number of ether oxygens (including phenoxy) is 1. The van der Waals surface area contributed by atoms with Gasteiger partial charge >= 0.3 is 5.97 Å². The summed E-state index contributed by atoms with van der Waals surface area (Å²) in [6.45, 7) is 8.88. The molecule has 1 atom stereocenters. The van der Waals surface area contributed by atoms with Crippen molar-refractivity contribution in [1.82, 2.24) is 15.1 Å². The highest BCUT2D eigenvalue weighted by atomic mass is 16.6. The van der Waals surface area contributed by atoms with Crippen molar-refractivity contribution in [2.45, 2.75) is 64.5 Å².